The summed E-state index contributed by atoms with van der Waals surface area (Å²) in [4.78, 5) is 12.9. The van der Waals surface area contributed by atoms with E-state index >= 15 is 0 Å². The van der Waals surface area contributed by atoms with E-state index in [0.717, 1.165) is 0 Å². The maximum atomic E-state index is 12.5. The molecule has 8 heteroatoms. The summed E-state index contributed by atoms with van der Waals surface area (Å²) in [5.41, 5.74) is 1.17. The molecule has 0 bridgehead atoms. The Morgan fingerprint density at radius 2 is 1.88 bits per heavy atom. The van der Waals surface area contributed by atoms with Gasteiger partial charge >= 0.3 is 6.18 Å². The van der Waals surface area contributed by atoms with Gasteiger partial charge in [0, 0.05) is 10.6 Å². The zero-order chi connectivity index (χ0) is 18.8. The predicted molar refractivity (Wildman–Crippen MR) is 93.1 cm³/mol. The Morgan fingerprint density at radius 1 is 1.24 bits per heavy atom. The third-order valence-corrected chi connectivity index (χ3v) is 4.56. The van der Waals surface area contributed by atoms with Gasteiger partial charge in [0.15, 0.2) is 0 Å². The predicted octanol–water partition coefficient (Wildman–Crippen LogP) is 4.85. The first-order chi connectivity index (χ1) is 11.5. The molecule has 4 nitrogen and oxygen atoms in total. The van der Waals surface area contributed by atoms with Gasteiger partial charge in [-0.1, -0.05) is 12.1 Å². The number of hydrogen-bond donors (Lipinski definition) is 1. The molecule has 0 spiro atoms. The Labute approximate surface area is 148 Å². The second-order valence-electron chi connectivity index (χ2n) is 6.58. The van der Waals surface area contributed by atoms with Gasteiger partial charge in [-0.2, -0.15) is 18.3 Å². The van der Waals surface area contributed by atoms with Crippen LogP contribution in [0.1, 0.15) is 36.8 Å². The molecule has 136 valence electrons. The van der Waals surface area contributed by atoms with Crippen LogP contribution in [0, 0.1) is 6.92 Å². The molecule has 0 aliphatic rings. The van der Waals surface area contributed by atoms with Crippen molar-refractivity contribution in [2.75, 3.05) is 11.1 Å². The second-order valence-corrected chi connectivity index (χ2v) is 7.60. The average molecular weight is 371 g/mol. The molecule has 2 rings (SSSR count). The number of anilines is 1. The summed E-state index contributed by atoms with van der Waals surface area (Å²) in [6, 6.07) is 6.44. The molecule has 1 aromatic heterocycles. The van der Waals surface area contributed by atoms with Crippen molar-refractivity contribution in [3.05, 3.63) is 41.7 Å². The van der Waals surface area contributed by atoms with E-state index in [2.05, 4.69) is 10.4 Å². The SMILES string of the molecule is Cc1c(C(=O)Nc2ccccc2SCC(F)(F)F)cnn1C(C)(C)C. The number of alkyl halides is 3. The topological polar surface area (TPSA) is 46.9 Å². The minimum absolute atomic E-state index is 0.275. The van der Waals surface area contributed by atoms with Gasteiger partial charge in [0.05, 0.1) is 28.7 Å². The third kappa shape index (κ3) is 5.01. The molecule has 0 atom stereocenters. The molecule has 1 heterocycles. The molecular weight excluding hydrogens is 351 g/mol. The van der Waals surface area contributed by atoms with E-state index < -0.39 is 17.8 Å². The highest BCUT2D eigenvalue weighted by Crippen LogP contribution is 2.32. The molecule has 0 unspecified atom stereocenters. The number of carbonyl (C=O) groups is 1. The van der Waals surface area contributed by atoms with Crippen LogP contribution in [-0.2, 0) is 5.54 Å². The Balaban J connectivity index is 2.20. The number of nitrogens with one attached hydrogen (secondary N) is 1. The minimum Gasteiger partial charge on any atom is -0.321 e. The van der Waals surface area contributed by atoms with E-state index in [0.29, 0.717) is 33.6 Å². The van der Waals surface area contributed by atoms with Crippen molar-refractivity contribution in [2.24, 2.45) is 0 Å². The third-order valence-electron chi connectivity index (χ3n) is 3.42. The van der Waals surface area contributed by atoms with E-state index in [1.165, 1.54) is 6.20 Å². The van der Waals surface area contributed by atoms with E-state index in [4.69, 9.17) is 0 Å². The molecular formula is C17H20F3N3OS. The molecule has 0 saturated heterocycles. The molecule has 1 aromatic carbocycles. The summed E-state index contributed by atoms with van der Waals surface area (Å²) in [7, 11) is 0. The number of aromatic nitrogens is 2. The zero-order valence-corrected chi connectivity index (χ0v) is 15.3. The normalized spacial score (nSPS) is 12.3. The molecule has 0 aliphatic heterocycles. The van der Waals surface area contributed by atoms with Crippen molar-refractivity contribution >= 4 is 23.4 Å². The van der Waals surface area contributed by atoms with Crippen molar-refractivity contribution in [1.29, 1.82) is 0 Å². The molecule has 1 amide bonds. The lowest BCUT2D eigenvalue weighted by Crippen LogP contribution is -2.25. The summed E-state index contributed by atoms with van der Waals surface area (Å²) in [5.74, 6) is -1.41. The van der Waals surface area contributed by atoms with Gasteiger partial charge in [0.25, 0.3) is 5.91 Å². The lowest BCUT2D eigenvalue weighted by atomic mass is 10.1. The van der Waals surface area contributed by atoms with E-state index in [9.17, 15) is 18.0 Å². The summed E-state index contributed by atoms with van der Waals surface area (Å²) in [5, 5.41) is 6.93. The van der Waals surface area contributed by atoms with Crippen LogP contribution >= 0.6 is 11.8 Å². The van der Waals surface area contributed by atoms with Crippen LogP contribution in [0.4, 0.5) is 18.9 Å². The molecule has 0 aliphatic carbocycles. The summed E-state index contributed by atoms with van der Waals surface area (Å²) in [6.07, 6.45) is -2.80. The van der Waals surface area contributed by atoms with Crippen LogP contribution in [0.2, 0.25) is 0 Å². The van der Waals surface area contributed by atoms with Crippen LogP contribution < -0.4 is 5.32 Å². The lowest BCUT2D eigenvalue weighted by Gasteiger charge is -2.21. The molecule has 0 fully saturated rings. The quantitative estimate of drug-likeness (QED) is 0.782. The van der Waals surface area contributed by atoms with Crippen molar-refractivity contribution in [3.63, 3.8) is 0 Å². The molecule has 25 heavy (non-hydrogen) atoms. The summed E-state index contributed by atoms with van der Waals surface area (Å²) in [6.45, 7) is 7.70. The fourth-order valence-electron chi connectivity index (χ4n) is 2.35. The molecule has 0 radical (unpaired) electrons. The van der Waals surface area contributed by atoms with Gasteiger partial charge in [-0.05, 0) is 39.8 Å². The lowest BCUT2D eigenvalue weighted by molar-refractivity contribution is -0.105. The monoisotopic (exact) mass is 371 g/mol. The Kier molecular flexibility index (Phi) is 5.51. The number of benzene rings is 1. The number of para-hydroxylation sites is 1. The first-order valence-electron chi connectivity index (χ1n) is 7.64. The van der Waals surface area contributed by atoms with Crippen molar-refractivity contribution in [2.45, 2.75) is 44.3 Å². The van der Waals surface area contributed by atoms with E-state index in [1.54, 1.807) is 35.9 Å². The van der Waals surface area contributed by atoms with Gasteiger partial charge < -0.3 is 5.32 Å². The number of rotatable bonds is 4. The van der Waals surface area contributed by atoms with Gasteiger partial charge in [-0.3, -0.25) is 9.48 Å². The highest BCUT2D eigenvalue weighted by molar-refractivity contribution is 7.99. The van der Waals surface area contributed by atoms with Gasteiger partial charge in [0.2, 0.25) is 0 Å². The van der Waals surface area contributed by atoms with Crippen molar-refractivity contribution in [1.82, 2.24) is 9.78 Å². The van der Waals surface area contributed by atoms with Crippen LogP contribution in [-0.4, -0.2) is 27.6 Å². The maximum absolute atomic E-state index is 12.5. The van der Waals surface area contributed by atoms with Gasteiger partial charge in [0.1, 0.15) is 0 Å². The Morgan fingerprint density at radius 3 is 2.44 bits per heavy atom. The Bertz CT molecular complexity index is 763. The van der Waals surface area contributed by atoms with Crippen LogP contribution in [0.5, 0.6) is 0 Å². The first-order valence-corrected chi connectivity index (χ1v) is 8.62. The van der Waals surface area contributed by atoms with Crippen molar-refractivity contribution < 1.29 is 18.0 Å². The number of carbonyl (C=O) groups excluding carboxylic acids is 1. The van der Waals surface area contributed by atoms with Crippen LogP contribution in [0.3, 0.4) is 0 Å². The minimum atomic E-state index is -4.27. The second kappa shape index (κ2) is 7.11. The highest BCUT2D eigenvalue weighted by Gasteiger charge is 2.28. The molecule has 2 aromatic rings. The molecule has 1 N–H and O–H groups in total. The highest BCUT2D eigenvalue weighted by atomic mass is 32.2. The summed E-state index contributed by atoms with van der Waals surface area (Å²) < 4.78 is 39.1. The van der Waals surface area contributed by atoms with Crippen LogP contribution in [0.25, 0.3) is 0 Å². The largest absolute Gasteiger partial charge is 0.398 e. The van der Waals surface area contributed by atoms with E-state index in [-0.39, 0.29) is 5.54 Å². The van der Waals surface area contributed by atoms with E-state index in [1.807, 2.05) is 20.8 Å². The van der Waals surface area contributed by atoms with Gasteiger partial charge in [-0.15, -0.1) is 11.8 Å². The fourth-order valence-corrected chi connectivity index (χ4v) is 3.12. The van der Waals surface area contributed by atoms with Crippen LogP contribution in [0.15, 0.2) is 35.4 Å². The number of amides is 1. The number of halogens is 3. The number of nitrogens with zero attached hydrogens (tertiary/aromatic N) is 2. The fraction of sp³-hybridized carbons (Fsp3) is 0.412. The Hall–Kier alpha value is -1.96. The standard InChI is InChI=1S/C17H20F3N3OS/c1-11-12(9-21-23(11)16(2,3)4)15(24)22-13-7-5-6-8-14(13)25-10-17(18,19)20/h5-9H,10H2,1-4H3,(H,22,24). The van der Waals surface area contributed by atoms with Gasteiger partial charge in [-0.25, -0.2) is 0 Å². The molecule has 0 saturated carbocycles. The smallest absolute Gasteiger partial charge is 0.321 e. The average Bonchev–Trinajstić information content (AvgIpc) is 2.87. The maximum Gasteiger partial charge on any atom is 0.398 e. The number of thioether (sulfide) groups is 1. The number of hydrogen-bond acceptors (Lipinski definition) is 3. The first kappa shape index (κ1) is 19.4. The summed E-state index contributed by atoms with van der Waals surface area (Å²) >= 11 is 0.644. The van der Waals surface area contributed by atoms with Crippen molar-refractivity contribution in [3.8, 4) is 0 Å². The zero-order valence-electron chi connectivity index (χ0n) is 14.4.